The molecule has 0 unspecified atom stereocenters. The molecule has 0 bridgehead atoms. The van der Waals surface area contributed by atoms with E-state index in [0.717, 1.165) is 45.9 Å². The molecule has 3 rings (SSSR count). The molecule has 0 spiro atoms. The molecule has 0 saturated carbocycles. The molecule has 0 amide bonds. The van der Waals surface area contributed by atoms with Crippen LogP contribution in [0, 0.1) is 0 Å². The summed E-state index contributed by atoms with van der Waals surface area (Å²) in [4.78, 5) is 0. The van der Waals surface area contributed by atoms with Crippen LogP contribution in [0.5, 0.6) is 11.5 Å². The highest BCUT2D eigenvalue weighted by Crippen LogP contribution is 2.34. The van der Waals surface area contributed by atoms with E-state index in [0.29, 0.717) is 0 Å². The van der Waals surface area contributed by atoms with Crippen LogP contribution in [0.15, 0.2) is 42.5 Å². The molecule has 0 aliphatic heterocycles. The van der Waals surface area contributed by atoms with Gasteiger partial charge in [0.2, 0.25) is 0 Å². The Morgan fingerprint density at radius 1 is 1.00 bits per heavy atom. The lowest BCUT2D eigenvalue weighted by Gasteiger charge is -2.10. The highest BCUT2D eigenvalue weighted by atomic mass is 16.5. The molecule has 0 fully saturated rings. The van der Waals surface area contributed by atoms with Crippen LogP contribution in [0.1, 0.15) is 12.6 Å². The third kappa shape index (κ3) is 2.54. The van der Waals surface area contributed by atoms with E-state index in [2.05, 4.69) is 11.5 Å². The van der Waals surface area contributed by atoms with Gasteiger partial charge in [-0.2, -0.15) is 5.48 Å². The summed E-state index contributed by atoms with van der Waals surface area (Å²) >= 11 is 0. The molecule has 0 aliphatic carbocycles. The number of fused-ring (bicyclic) bond motifs is 1. The van der Waals surface area contributed by atoms with Gasteiger partial charge in [0.05, 0.1) is 30.8 Å². The molecule has 0 atom stereocenters. The highest BCUT2D eigenvalue weighted by Gasteiger charge is 2.20. The summed E-state index contributed by atoms with van der Waals surface area (Å²) in [6.45, 7) is 2.08. The van der Waals surface area contributed by atoms with E-state index in [-0.39, 0.29) is 0 Å². The average Bonchev–Trinajstić information content (AvgIpc) is 2.94. The Balaban J connectivity index is 2.31. The van der Waals surface area contributed by atoms with Gasteiger partial charge in [0.1, 0.15) is 11.5 Å². The van der Waals surface area contributed by atoms with Gasteiger partial charge in [-0.15, -0.1) is 0 Å². The Labute approximate surface area is 135 Å². The lowest BCUT2D eigenvalue weighted by molar-refractivity contribution is -0.825. The minimum Gasteiger partial charge on any atom is -0.497 e. The first-order chi connectivity index (χ1) is 11.2. The second kappa shape index (κ2) is 6.32. The minimum absolute atomic E-state index is 0.789. The van der Waals surface area contributed by atoms with Crippen LogP contribution in [-0.4, -0.2) is 24.0 Å². The van der Waals surface area contributed by atoms with Crippen LogP contribution in [0.2, 0.25) is 0 Å². The summed E-state index contributed by atoms with van der Waals surface area (Å²) < 4.78 is 12.7. The zero-order chi connectivity index (χ0) is 16.4. The third-order valence-electron chi connectivity index (χ3n) is 4.11. The minimum atomic E-state index is 0.789. The molecule has 2 aromatic carbocycles. The molecule has 1 aromatic heterocycles. The van der Waals surface area contributed by atoms with E-state index in [1.54, 1.807) is 14.2 Å². The number of benzene rings is 2. The van der Waals surface area contributed by atoms with Crippen molar-refractivity contribution in [2.75, 3.05) is 14.2 Å². The van der Waals surface area contributed by atoms with Crippen LogP contribution < -0.4 is 15.0 Å². The Morgan fingerprint density at radius 2 is 1.65 bits per heavy atom. The van der Waals surface area contributed by atoms with Crippen molar-refractivity contribution in [3.63, 3.8) is 0 Å². The fourth-order valence-electron chi connectivity index (χ4n) is 2.99. The van der Waals surface area contributed by atoms with Crippen LogP contribution in [-0.2, 0) is 6.42 Å². The number of nitrogens with two attached hydrogens (primary N) is 1. The van der Waals surface area contributed by atoms with Gasteiger partial charge in [-0.3, -0.25) is 0 Å². The van der Waals surface area contributed by atoms with E-state index >= 15 is 0 Å². The van der Waals surface area contributed by atoms with E-state index < -0.39 is 0 Å². The van der Waals surface area contributed by atoms with Gasteiger partial charge in [0, 0.05) is 11.8 Å². The number of nitrogens with zero attached hydrogens (tertiary/aromatic N) is 1. The van der Waals surface area contributed by atoms with Crippen molar-refractivity contribution in [3.8, 4) is 17.2 Å². The number of aromatic nitrogens is 1. The van der Waals surface area contributed by atoms with Crippen molar-refractivity contribution in [2.45, 2.75) is 13.3 Å². The summed E-state index contributed by atoms with van der Waals surface area (Å²) in [7, 11) is 3.31. The zero-order valence-electron chi connectivity index (χ0n) is 13.5. The van der Waals surface area contributed by atoms with Gasteiger partial charge >= 0.3 is 0 Å². The topological polar surface area (TPSA) is 60.2 Å². The first kappa shape index (κ1) is 15.4. The number of rotatable bonds is 5. The van der Waals surface area contributed by atoms with Gasteiger partial charge in [0.25, 0.3) is 0 Å². The number of ether oxygens (including phenoxy) is 2. The average molecular weight is 313 g/mol. The molecule has 5 nitrogen and oxygen atoms in total. The normalized spacial score (nSPS) is 11.0. The van der Waals surface area contributed by atoms with Crippen molar-refractivity contribution < 1.29 is 20.2 Å². The zero-order valence-corrected chi connectivity index (χ0v) is 13.5. The maximum absolute atomic E-state index is 9.73. The van der Waals surface area contributed by atoms with E-state index in [4.69, 9.17) is 9.47 Å². The fraction of sp³-hybridized carbons (Fsp3) is 0.222. The van der Waals surface area contributed by atoms with Gasteiger partial charge in [-0.1, -0.05) is 6.92 Å². The van der Waals surface area contributed by atoms with Crippen molar-refractivity contribution in [3.05, 3.63) is 48.2 Å². The lowest BCUT2D eigenvalue weighted by atomic mass is 10.2. The maximum Gasteiger partial charge on any atom is 0.191 e. The molecule has 0 radical (unpaired) electrons. The van der Waals surface area contributed by atoms with Crippen molar-refractivity contribution in [1.29, 1.82) is 0 Å². The Bertz CT molecular complexity index is 822. The summed E-state index contributed by atoms with van der Waals surface area (Å²) in [6.07, 6.45) is 0.801. The van der Waals surface area contributed by atoms with Crippen LogP contribution >= 0.6 is 0 Å². The standard InChI is InChI=1S/C18H20N2O3/c1-4-16-18(19-21)15-10-9-14(23-3)11-17(15)20(16)12-5-7-13(22-2)8-6-12/h5-11,19,21H,4H2,1-3H3/p+1. The lowest BCUT2D eigenvalue weighted by Crippen LogP contribution is -2.74. The van der Waals surface area contributed by atoms with Crippen molar-refractivity contribution in [2.24, 2.45) is 0 Å². The first-order valence-corrected chi connectivity index (χ1v) is 7.56. The molecule has 23 heavy (non-hydrogen) atoms. The monoisotopic (exact) mass is 313 g/mol. The molecule has 5 heteroatoms. The predicted molar refractivity (Wildman–Crippen MR) is 89.1 cm³/mol. The summed E-state index contributed by atoms with van der Waals surface area (Å²) in [5.74, 6) is 1.60. The molecular formula is C18H21N2O3+. The number of quaternary nitrogens is 1. The first-order valence-electron chi connectivity index (χ1n) is 7.56. The van der Waals surface area contributed by atoms with Crippen molar-refractivity contribution >= 4 is 16.6 Å². The van der Waals surface area contributed by atoms with Gasteiger partial charge < -0.3 is 14.0 Å². The third-order valence-corrected chi connectivity index (χ3v) is 4.11. The van der Waals surface area contributed by atoms with Crippen LogP contribution in [0.25, 0.3) is 16.6 Å². The van der Waals surface area contributed by atoms with E-state index in [9.17, 15) is 5.21 Å². The van der Waals surface area contributed by atoms with Crippen LogP contribution in [0.4, 0.5) is 5.69 Å². The quantitative estimate of drug-likeness (QED) is 0.712. The van der Waals surface area contributed by atoms with Crippen molar-refractivity contribution in [1.82, 2.24) is 4.57 Å². The second-order valence-electron chi connectivity index (χ2n) is 5.26. The largest absolute Gasteiger partial charge is 0.497 e. The predicted octanol–water partition coefficient (Wildman–Crippen LogP) is 2.79. The number of hydrogen-bond donors (Lipinski definition) is 2. The molecule has 120 valence electrons. The Morgan fingerprint density at radius 3 is 2.22 bits per heavy atom. The summed E-state index contributed by atoms with van der Waals surface area (Å²) in [5.41, 5.74) is 5.12. The van der Waals surface area contributed by atoms with Gasteiger partial charge in [0.15, 0.2) is 5.69 Å². The van der Waals surface area contributed by atoms with E-state index in [1.807, 2.05) is 42.5 Å². The van der Waals surface area contributed by atoms with Gasteiger partial charge in [-0.05, 0) is 42.8 Å². The summed E-state index contributed by atoms with van der Waals surface area (Å²) in [6, 6.07) is 13.8. The van der Waals surface area contributed by atoms with Gasteiger partial charge in [-0.25, -0.2) is 5.21 Å². The maximum atomic E-state index is 9.73. The Hall–Kier alpha value is -2.50. The fourth-order valence-corrected chi connectivity index (χ4v) is 2.99. The number of hydrogen-bond acceptors (Lipinski definition) is 3. The molecule has 3 aromatic rings. The summed E-state index contributed by atoms with van der Waals surface area (Å²) in [5, 5.41) is 10.7. The molecular weight excluding hydrogens is 292 g/mol. The SMILES string of the molecule is CCc1c([NH2+]O)c2ccc(OC)cc2n1-c1ccc(OC)cc1. The van der Waals surface area contributed by atoms with E-state index in [1.165, 1.54) is 5.48 Å². The highest BCUT2D eigenvalue weighted by molar-refractivity contribution is 5.93. The molecule has 3 N–H and O–H groups in total. The molecule has 1 heterocycles. The smallest absolute Gasteiger partial charge is 0.191 e. The molecule has 0 saturated heterocycles. The molecule has 0 aliphatic rings. The second-order valence-corrected chi connectivity index (χ2v) is 5.26. The van der Waals surface area contributed by atoms with Crippen LogP contribution in [0.3, 0.4) is 0 Å². The number of methoxy groups -OCH3 is 2. The Kier molecular flexibility index (Phi) is 4.23.